The Hall–Kier alpha value is -3.25. The van der Waals surface area contributed by atoms with E-state index >= 15 is 0 Å². The summed E-state index contributed by atoms with van der Waals surface area (Å²) < 4.78 is 0. The van der Waals surface area contributed by atoms with Gasteiger partial charge in [0.2, 0.25) is 5.91 Å². The molecule has 4 aromatic rings. The van der Waals surface area contributed by atoms with Gasteiger partial charge in [-0.2, -0.15) is 0 Å². The summed E-state index contributed by atoms with van der Waals surface area (Å²) in [6.07, 6.45) is 1.96. The fourth-order valence-electron chi connectivity index (χ4n) is 3.50. The van der Waals surface area contributed by atoms with Gasteiger partial charge in [-0.1, -0.05) is 48.0 Å². The minimum atomic E-state index is 0.0549. The number of nitrogens with one attached hydrogen (secondary N) is 1. The fraction of sp³-hybridized carbons (Fsp3) is 0.208. The van der Waals surface area contributed by atoms with Crippen molar-refractivity contribution < 1.29 is 4.79 Å². The monoisotopic (exact) mass is 416 g/mol. The van der Waals surface area contributed by atoms with Crippen molar-refractivity contribution in [3.63, 3.8) is 0 Å². The second kappa shape index (κ2) is 8.63. The summed E-state index contributed by atoms with van der Waals surface area (Å²) in [4.78, 5) is 25.4. The van der Waals surface area contributed by atoms with Gasteiger partial charge in [-0.05, 0) is 31.5 Å². The first-order valence-electron chi connectivity index (χ1n) is 9.91. The van der Waals surface area contributed by atoms with E-state index in [-0.39, 0.29) is 5.91 Å². The van der Waals surface area contributed by atoms with Gasteiger partial charge in [-0.15, -0.1) is 11.3 Å². The summed E-state index contributed by atoms with van der Waals surface area (Å²) in [5, 5.41) is 4.39. The molecule has 2 aromatic carbocycles. The number of aryl methyl sites for hydroxylation is 2. The van der Waals surface area contributed by atoms with Crippen LogP contribution in [-0.4, -0.2) is 29.5 Å². The number of hydrogen-bond acceptors (Lipinski definition) is 5. The number of aromatic nitrogens is 2. The summed E-state index contributed by atoms with van der Waals surface area (Å²) in [6, 6.07) is 18.2. The summed E-state index contributed by atoms with van der Waals surface area (Å²) in [5.74, 6) is 0.828. The maximum atomic E-state index is 12.6. The third kappa shape index (κ3) is 4.04. The molecule has 0 aliphatic heterocycles. The van der Waals surface area contributed by atoms with Gasteiger partial charge in [0.15, 0.2) is 0 Å². The van der Waals surface area contributed by atoms with Crippen molar-refractivity contribution in [2.24, 2.45) is 0 Å². The highest BCUT2D eigenvalue weighted by Crippen LogP contribution is 2.40. The SMILES string of the molecule is Cc1ccc(-c2c(C)sc3ncnc(NCCC(=O)N(C)c4ccccc4)c23)cc1. The number of fused-ring (bicyclic) bond motifs is 1. The van der Waals surface area contributed by atoms with Crippen LogP contribution in [0, 0.1) is 13.8 Å². The zero-order chi connectivity index (χ0) is 21.1. The molecular formula is C24H24N4OS. The third-order valence-corrected chi connectivity index (χ3v) is 6.17. The molecule has 0 atom stereocenters. The highest BCUT2D eigenvalue weighted by Gasteiger charge is 2.17. The molecule has 30 heavy (non-hydrogen) atoms. The van der Waals surface area contributed by atoms with Crippen molar-refractivity contribution in [1.82, 2.24) is 9.97 Å². The van der Waals surface area contributed by atoms with Crippen LogP contribution in [0.4, 0.5) is 11.5 Å². The summed E-state index contributed by atoms with van der Waals surface area (Å²) in [7, 11) is 1.80. The van der Waals surface area contributed by atoms with Gasteiger partial charge in [0.1, 0.15) is 17.0 Å². The molecule has 152 valence electrons. The lowest BCUT2D eigenvalue weighted by atomic mass is 10.0. The molecule has 0 saturated heterocycles. The Morgan fingerprint density at radius 1 is 1.03 bits per heavy atom. The lowest BCUT2D eigenvalue weighted by Crippen LogP contribution is -2.27. The quantitative estimate of drug-likeness (QED) is 0.455. The molecule has 0 radical (unpaired) electrons. The van der Waals surface area contributed by atoms with Crippen LogP contribution in [0.2, 0.25) is 0 Å². The number of benzene rings is 2. The van der Waals surface area contributed by atoms with Crippen LogP contribution >= 0.6 is 11.3 Å². The van der Waals surface area contributed by atoms with E-state index in [2.05, 4.69) is 53.4 Å². The third-order valence-electron chi connectivity index (χ3n) is 5.15. The molecule has 4 rings (SSSR count). The minimum Gasteiger partial charge on any atom is -0.369 e. The number of anilines is 2. The smallest absolute Gasteiger partial charge is 0.228 e. The van der Waals surface area contributed by atoms with Crippen molar-refractivity contribution >= 4 is 39.0 Å². The molecule has 0 spiro atoms. The Labute approximate surface area is 180 Å². The predicted octanol–water partition coefficient (Wildman–Crippen LogP) is 5.44. The minimum absolute atomic E-state index is 0.0549. The van der Waals surface area contributed by atoms with E-state index in [0.29, 0.717) is 13.0 Å². The van der Waals surface area contributed by atoms with Crippen LogP contribution in [0.25, 0.3) is 21.3 Å². The Morgan fingerprint density at radius 3 is 2.50 bits per heavy atom. The Bertz CT molecular complexity index is 1170. The summed E-state index contributed by atoms with van der Waals surface area (Å²) in [6.45, 7) is 4.70. The zero-order valence-electron chi connectivity index (χ0n) is 17.3. The van der Waals surface area contributed by atoms with Gasteiger partial charge in [0, 0.05) is 36.1 Å². The molecule has 6 heteroatoms. The molecule has 2 heterocycles. The molecule has 5 nitrogen and oxygen atoms in total. The maximum absolute atomic E-state index is 12.6. The number of para-hydroxylation sites is 1. The maximum Gasteiger partial charge on any atom is 0.228 e. The van der Waals surface area contributed by atoms with Gasteiger partial charge < -0.3 is 10.2 Å². The number of carbonyl (C=O) groups excluding carboxylic acids is 1. The number of amides is 1. The number of carbonyl (C=O) groups is 1. The molecular weight excluding hydrogens is 392 g/mol. The molecule has 1 amide bonds. The van der Waals surface area contributed by atoms with E-state index in [1.165, 1.54) is 10.4 Å². The number of hydrogen-bond donors (Lipinski definition) is 1. The molecule has 0 bridgehead atoms. The Morgan fingerprint density at radius 2 is 1.77 bits per heavy atom. The van der Waals surface area contributed by atoms with Crippen molar-refractivity contribution in [3.8, 4) is 11.1 Å². The summed E-state index contributed by atoms with van der Waals surface area (Å²) in [5.41, 5.74) is 4.43. The lowest BCUT2D eigenvalue weighted by Gasteiger charge is -2.17. The molecule has 1 N–H and O–H groups in total. The van der Waals surface area contributed by atoms with Crippen LogP contribution in [0.1, 0.15) is 16.9 Å². The summed E-state index contributed by atoms with van der Waals surface area (Å²) >= 11 is 1.67. The second-order valence-corrected chi connectivity index (χ2v) is 8.47. The van der Waals surface area contributed by atoms with Crippen molar-refractivity contribution in [1.29, 1.82) is 0 Å². The van der Waals surface area contributed by atoms with Gasteiger partial charge in [0.25, 0.3) is 0 Å². The Balaban J connectivity index is 1.55. The molecule has 0 saturated carbocycles. The fourth-order valence-corrected chi connectivity index (χ4v) is 4.51. The van der Waals surface area contributed by atoms with Crippen LogP contribution in [-0.2, 0) is 4.79 Å². The van der Waals surface area contributed by atoms with E-state index in [0.717, 1.165) is 32.8 Å². The van der Waals surface area contributed by atoms with Crippen molar-refractivity contribution in [2.45, 2.75) is 20.3 Å². The van der Waals surface area contributed by atoms with Gasteiger partial charge >= 0.3 is 0 Å². The van der Waals surface area contributed by atoms with Crippen molar-refractivity contribution in [2.75, 3.05) is 23.8 Å². The number of rotatable bonds is 6. The average Bonchev–Trinajstić information content (AvgIpc) is 3.11. The van der Waals surface area contributed by atoms with Crippen LogP contribution < -0.4 is 10.2 Å². The highest BCUT2D eigenvalue weighted by molar-refractivity contribution is 7.19. The van der Waals surface area contributed by atoms with Crippen LogP contribution in [0.3, 0.4) is 0 Å². The first kappa shape index (κ1) is 20.0. The van der Waals surface area contributed by atoms with E-state index < -0.39 is 0 Å². The van der Waals surface area contributed by atoms with E-state index in [1.807, 2.05) is 30.3 Å². The standard InChI is InChI=1S/C24H24N4OS/c1-16-9-11-18(12-10-16)21-17(2)30-24-22(21)23(26-15-27-24)25-14-13-20(29)28(3)19-7-5-4-6-8-19/h4-12,15H,13-14H2,1-3H3,(H,25,26,27). The molecule has 0 fully saturated rings. The first-order valence-corrected chi connectivity index (χ1v) is 10.7. The molecule has 0 aliphatic carbocycles. The van der Waals surface area contributed by atoms with E-state index in [1.54, 1.807) is 29.6 Å². The highest BCUT2D eigenvalue weighted by atomic mass is 32.1. The van der Waals surface area contributed by atoms with Gasteiger partial charge in [-0.3, -0.25) is 4.79 Å². The predicted molar refractivity (Wildman–Crippen MR) is 125 cm³/mol. The van der Waals surface area contributed by atoms with Crippen LogP contribution in [0.15, 0.2) is 60.9 Å². The van der Waals surface area contributed by atoms with E-state index in [9.17, 15) is 4.79 Å². The molecule has 0 unspecified atom stereocenters. The lowest BCUT2D eigenvalue weighted by molar-refractivity contribution is -0.118. The molecule has 2 aromatic heterocycles. The number of thiophene rings is 1. The average molecular weight is 417 g/mol. The zero-order valence-corrected chi connectivity index (χ0v) is 18.2. The Kier molecular flexibility index (Phi) is 5.77. The van der Waals surface area contributed by atoms with Gasteiger partial charge in [0.05, 0.1) is 5.39 Å². The normalized spacial score (nSPS) is 10.9. The largest absolute Gasteiger partial charge is 0.369 e. The topological polar surface area (TPSA) is 58.1 Å². The first-order chi connectivity index (χ1) is 14.5. The molecule has 0 aliphatic rings. The van der Waals surface area contributed by atoms with Crippen LogP contribution in [0.5, 0.6) is 0 Å². The second-order valence-electron chi connectivity index (χ2n) is 7.27. The van der Waals surface area contributed by atoms with Gasteiger partial charge in [-0.25, -0.2) is 9.97 Å². The van der Waals surface area contributed by atoms with E-state index in [4.69, 9.17) is 0 Å². The van der Waals surface area contributed by atoms with Crippen molar-refractivity contribution in [3.05, 3.63) is 71.4 Å². The number of nitrogens with zero attached hydrogens (tertiary/aromatic N) is 3.